The molecule has 2 heterocycles. The van der Waals surface area contributed by atoms with Crippen LogP contribution in [0.1, 0.15) is 41.2 Å². The molecule has 2 aromatic heterocycles. The summed E-state index contributed by atoms with van der Waals surface area (Å²) in [4.78, 5) is 12.3. The summed E-state index contributed by atoms with van der Waals surface area (Å²) in [6.07, 6.45) is -1.48. The maximum absolute atomic E-state index is 12.6. The Bertz CT molecular complexity index is 715. The van der Waals surface area contributed by atoms with E-state index in [0.29, 0.717) is 17.5 Å². The monoisotopic (exact) mass is 533 g/mol. The first-order valence-corrected chi connectivity index (χ1v) is 10.1. The predicted octanol–water partition coefficient (Wildman–Crippen LogP) is 4.62. The number of nitrogens with one attached hydrogen (secondary N) is 2. The molecule has 0 aromatic carbocycles. The number of aliphatic imine (C=N–C) groups is 1. The fourth-order valence-electron chi connectivity index (χ4n) is 2.13. The third-order valence-corrected chi connectivity index (χ3v) is 5.20. The Morgan fingerprint density at radius 2 is 1.85 bits per heavy atom. The smallest absolute Gasteiger partial charge is 0.357 e. The van der Waals surface area contributed by atoms with E-state index in [0.717, 1.165) is 53.2 Å². The van der Waals surface area contributed by atoms with Crippen LogP contribution in [-0.2, 0) is 19.1 Å². The lowest BCUT2D eigenvalue weighted by Crippen LogP contribution is -2.37. The zero-order valence-corrected chi connectivity index (χ0v) is 19.1. The molecule has 0 aliphatic rings. The summed E-state index contributed by atoms with van der Waals surface area (Å²) in [5.41, 5.74) is 0.198. The van der Waals surface area contributed by atoms with E-state index in [1.807, 2.05) is 19.2 Å². The van der Waals surface area contributed by atoms with Crippen LogP contribution in [0.2, 0.25) is 0 Å². The highest BCUT2D eigenvalue weighted by molar-refractivity contribution is 14.0. The molecule has 152 valence electrons. The molecule has 2 aromatic rings. The summed E-state index contributed by atoms with van der Waals surface area (Å²) in [5.74, 6) is 0.585. The zero-order chi connectivity index (χ0) is 19.0. The molecule has 0 radical (unpaired) electrons. The van der Waals surface area contributed by atoms with Gasteiger partial charge in [0.15, 0.2) is 11.7 Å². The Morgan fingerprint density at radius 1 is 1.11 bits per heavy atom. The molecule has 5 nitrogen and oxygen atoms in total. The Hall–Kier alpha value is -0.950. The second-order valence-corrected chi connectivity index (χ2v) is 7.47. The summed E-state index contributed by atoms with van der Waals surface area (Å²) < 4.78 is 37.7. The van der Waals surface area contributed by atoms with Gasteiger partial charge in [-0.3, -0.25) is 0 Å². The van der Waals surface area contributed by atoms with Gasteiger partial charge in [-0.2, -0.15) is 13.2 Å². The lowest BCUT2D eigenvalue weighted by atomic mass is 10.2. The number of nitrogens with zero attached hydrogens (tertiary/aromatic N) is 3. The Labute approximate surface area is 181 Å². The van der Waals surface area contributed by atoms with Crippen molar-refractivity contribution in [1.29, 1.82) is 0 Å². The van der Waals surface area contributed by atoms with E-state index >= 15 is 0 Å². The number of aryl methyl sites for hydroxylation is 2. The number of hydrogen-bond donors (Lipinski definition) is 2. The number of alkyl halides is 3. The van der Waals surface area contributed by atoms with Crippen molar-refractivity contribution in [2.45, 2.75) is 45.8 Å². The summed E-state index contributed by atoms with van der Waals surface area (Å²) in [6, 6.07) is 0. The van der Waals surface area contributed by atoms with Gasteiger partial charge in [0.05, 0.1) is 11.6 Å². The number of halogens is 4. The third kappa shape index (κ3) is 8.73. The van der Waals surface area contributed by atoms with Crippen LogP contribution in [0.25, 0.3) is 0 Å². The van der Waals surface area contributed by atoms with Crippen LogP contribution >= 0.6 is 46.7 Å². The van der Waals surface area contributed by atoms with Crippen molar-refractivity contribution in [3.05, 3.63) is 32.2 Å². The first kappa shape index (κ1) is 24.1. The standard InChI is InChI=1S/C16H22F3N5S2.HI/c1-3-20-15(21-7-5-4-6-13-23-11(2)9-25-13)22-8-14-24-12(10-26-14)16(17,18)19;/h9-10H,3-8H2,1-2H3,(H2,20,21,22);1H. The molecule has 0 aliphatic heterocycles. The van der Waals surface area contributed by atoms with E-state index < -0.39 is 11.9 Å². The number of hydrogen-bond acceptors (Lipinski definition) is 5. The van der Waals surface area contributed by atoms with E-state index in [9.17, 15) is 13.2 Å². The Morgan fingerprint density at radius 3 is 2.44 bits per heavy atom. The maximum Gasteiger partial charge on any atom is 0.434 e. The summed E-state index contributed by atoms with van der Waals surface area (Å²) in [7, 11) is 0. The van der Waals surface area contributed by atoms with Crippen LogP contribution in [0, 0.1) is 6.92 Å². The van der Waals surface area contributed by atoms with Gasteiger partial charge in [-0.15, -0.1) is 46.7 Å². The van der Waals surface area contributed by atoms with Crippen LogP contribution < -0.4 is 10.6 Å². The average Bonchev–Trinajstić information content (AvgIpc) is 3.21. The van der Waals surface area contributed by atoms with Crippen LogP contribution in [0.15, 0.2) is 15.8 Å². The highest BCUT2D eigenvalue weighted by atomic mass is 127. The molecular formula is C16H23F3IN5S2. The Balaban J connectivity index is 0.00000364. The van der Waals surface area contributed by atoms with Crippen molar-refractivity contribution >= 4 is 52.6 Å². The molecule has 0 atom stereocenters. The molecule has 0 amide bonds. The number of aromatic nitrogens is 2. The normalized spacial score (nSPS) is 12.0. The summed E-state index contributed by atoms with van der Waals surface area (Å²) in [5, 5.41) is 10.8. The molecule has 0 saturated carbocycles. The molecule has 27 heavy (non-hydrogen) atoms. The van der Waals surface area contributed by atoms with Gasteiger partial charge in [-0.1, -0.05) is 0 Å². The van der Waals surface area contributed by atoms with Gasteiger partial charge in [-0.25, -0.2) is 15.0 Å². The van der Waals surface area contributed by atoms with Crippen molar-refractivity contribution < 1.29 is 13.2 Å². The highest BCUT2D eigenvalue weighted by Gasteiger charge is 2.33. The molecule has 0 fully saturated rings. The van der Waals surface area contributed by atoms with Crippen molar-refractivity contribution in [3.8, 4) is 0 Å². The first-order chi connectivity index (χ1) is 12.4. The van der Waals surface area contributed by atoms with Gasteiger partial charge in [0.2, 0.25) is 0 Å². The average molecular weight is 533 g/mol. The fraction of sp³-hybridized carbons (Fsp3) is 0.562. The van der Waals surface area contributed by atoms with Crippen molar-refractivity contribution in [3.63, 3.8) is 0 Å². The van der Waals surface area contributed by atoms with E-state index in [4.69, 9.17) is 0 Å². The largest absolute Gasteiger partial charge is 0.434 e. The Kier molecular flexibility index (Phi) is 10.5. The first-order valence-electron chi connectivity index (χ1n) is 8.33. The van der Waals surface area contributed by atoms with Crippen LogP contribution in [0.4, 0.5) is 13.2 Å². The van der Waals surface area contributed by atoms with Gasteiger partial charge in [0.1, 0.15) is 5.01 Å². The van der Waals surface area contributed by atoms with Gasteiger partial charge in [0.25, 0.3) is 0 Å². The van der Waals surface area contributed by atoms with E-state index in [1.165, 1.54) is 0 Å². The molecule has 0 saturated heterocycles. The minimum absolute atomic E-state index is 0. The second kappa shape index (κ2) is 11.8. The maximum atomic E-state index is 12.6. The van der Waals surface area contributed by atoms with Gasteiger partial charge < -0.3 is 10.6 Å². The quantitative estimate of drug-likeness (QED) is 0.225. The van der Waals surface area contributed by atoms with E-state index in [-0.39, 0.29) is 30.5 Å². The number of guanidine groups is 1. The van der Waals surface area contributed by atoms with Gasteiger partial charge >= 0.3 is 6.18 Å². The minimum atomic E-state index is -4.41. The number of unbranched alkanes of at least 4 members (excludes halogenated alkanes) is 1. The molecule has 2 rings (SSSR count). The van der Waals surface area contributed by atoms with Crippen molar-refractivity contribution in [1.82, 2.24) is 20.6 Å². The van der Waals surface area contributed by atoms with Crippen molar-refractivity contribution in [2.75, 3.05) is 13.1 Å². The van der Waals surface area contributed by atoms with Crippen molar-refractivity contribution in [2.24, 2.45) is 4.99 Å². The van der Waals surface area contributed by atoms with Crippen LogP contribution in [-0.4, -0.2) is 29.0 Å². The predicted molar refractivity (Wildman–Crippen MR) is 115 cm³/mol. The minimum Gasteiger partial charge on any atom is -0.357 e. The second-order valence-electron chi connectivity index (χ2n) is 5.59. The van der Waals surface area contributed by atoms with E-state index in [1.54, 1.807) is 11.3 Å². The van der Waals surface area contributed by atoms with Gasteiger partial charge in [-0.05, 0) is 33.1 Å². The zero-order valence-electron chi connectivity index (χ0n) is 15.1. The topological polar surface area (TPSA) is 62.2 Å². The molecule has 0 unspecified atom stereocenters. The highest BCUT2D eigenvalue weighted by Crippen LogP contribution is 2.30. The van der Waals surface area contributed by atoms with Crippen LogP contribution in [0.3, 0.4) is 0 Å². The summed E-state index contributed by atoms with van der Waals surface area (Å²) >= 11 is 2.65. The number of thiazole rings is 2. The third-order valence-electron chi connectivity index (χ3n) is 3.34. The SMILES string of the molecule is CCNC(=NCc1nc(C(F)(F)F)cs1)NCCCCc1nc(C)cs1.I. The lowest BCUT2D eigenvalue weighted by molar-refractivity contribution is -0.140. The molecule has 0 aliphatic carbocycles. The fourth-order valence-corrected chi connectivity index (χ4v) is 3.67. The summed E-state index contributed by atoms with van der Waals surface area (Å²) in [6.45, 7) is 5.46. The van der Waals surface area contributed by atoms with Crippen LogP contribution in [0.5, 0.6) is 0 Å². The molecule has 2 N–H and O–H groups in total. The molecule has 0 bridgehead atoms. The van der Waals surface area contributed by atoms with E-state index in [2.05, 4.69) is 25.6 Å². The molecule has 11 heteroatoms. The van der Waals surface area contributed by atoms with Gasteiger partial charge in [0, 0.05) is 29.5 Å². The number of rotatable bonds is 8. The lowest BCUT2D eigenvalue weighted by Gasteiger charge is -2.10. The molecule has 0 spiro atoms. The molecular weight excluding hydrogens is 510 g/mol.